The maximum Gasteiger partial charge on any atom is 0.277 e. The Morgan fingerprint density at radius 3 is 2.42 bits per heavy atom. The van der Waals surface area contributed by atoms with Crippen LogP contribution in [0.15, 0.2) is 0 Å². The Labute approximate surface area is 115 Å². The molecule has 0 unspecified atom stereocenters. The largest absolute Gasteiger partial charge is 0.396 e. The molecule has 0 bridgehead atoms. The van der Waals surface area contributed by atoms with Gasteiger partial charge in [0.15, 0.2) is 0 Å². The van der Waals surface area contributed by atoms with Crippen molar-refractivity contribution in [3.8, 4) is 0 Å². The van der Waals surface area contributed by atoms with Gasteiger partial charge in [-0.2, -0.15) is 13.1 Å². The summed E-state index contributed by atoms with van der Waals surface area (Å²) in [6.07, 6.45) is 5.39. The molecule has 1 heterocycles. The van der Waals surface area contributed by atoms with Gasteiger partial charge in [0.1, 0.15) is 0 Å². The lowest BCUT2D eigenvalue weighted by molar-refractivity contribution is -0.0127. The van der Waals surface area contributed by atoms with Gasteiger partial charge in [-0.05, 0) is 25.7 Å². The van der Waals surface area contributed by atoms with E-state index in [1.54, 1.807) is 0 Å². The second-order valence-corrected chi connectivity index (χ2v) is 7.23. The van der Waals surface area contributed by atoms with Gasteiger partial charge in [-0.15, -0.1) is 0 Å². The molecule has 0 aromatic carbocycles. The van der Waals surface area contributed by atoms with Crippen LogP contribution in [0.5, 0.6) is 0 Å². The van der Waals surface area contributed by atoms with Crippen LogP contribution < -0.4 is 9.44 Å². The maximum atomic E-state index is 12.0. The maximum absolute atomic E-state index is 12.0. The van der Waals surface area contributed by atoms with Crippen LogP contribution >= 0.6 is 0 Å². The monoisotopic (exact) mass is 292 g/mol. The molecule has 2 aliphatic rings. The summed E-state index contributed by atoms with van der Waals surface area (Å²) in [5.41, 5.74) is -0.372. The molecule has 2 rings (SSSR count). The van der Waals surface area contributed by atoms with E-state index >= 15 is 0 Å². The highest BCUT2D eigenvalue weighted by Crippen LogP contribution is 2.29. The standard InChI is InChI=1S/C12H24N2O4S/c15-10-12(5-7-18-8-6-12)9-13-19(16,17)14-11-3-1-2-4-11/h11,13-15H,1-10H2. The van der Waals surface area contributed by atoms with Crippen LogP contribution in [-0.2, 0) is 14.9 Å². The highest BCUT2D eigenvalue weighted by molar-refractivity contribution is 7.87. The Hall–Kier alpha value is -0.210. The van der Waals surface area contributed by atoms with Crippen molar-refractivity contribution in [3.05, 3.63) is 0 Å². The number of ether oxygens (including phenoxy) is 1. The Balaban J connectivity index is 1.85. The van der Waals surface area contributed by atoms with Crippen molar-refractivity contribution in [1.29, 1.82) is 0 Å². The first-order valence-corrected chi connectivity index (χ1v) is 8.49. The lowest BCUT2D eigenvalue weighted by Gasteiger charge is -2.35. The van der Waals surface area contributed by atoms with E-state index in [2.05, 4.69) is 9.44 Å². The third-order valence-electron chi connectivity index (χ3n) is 4.20. The first-order chi connectivity index (χ1) is 9.05. The van der Waals surface area contributed by atoms with Gasteiger partial charge >= 0.3 is 0 Å². The summed E-state index contributed by atoms with van der Waals surface area (Å²) in [5, 5.41) is 9.51. The zero-order valence-corrected chi connectivity index (χ0v) is 12.0. The fourth-order valence-corrected chi connectivity index (χ4v) is 4.00. The van der Waals surface area contributed by atoms with Gasteiger partial charge in [0, 0.05) is 31.2 Å². The Morgan fingerprint density at radius 2 is 1.84 bits per heavy atom. The van der Waals surface area contributed by atoms with Crippen LogP contribution in [0.3, 0.4) is 0 Å². The lowest BCUT2D eigenvalue weighted by Crippen LogP contribution is -2.48. The van der Waals surface area contributed by atoms with E-state index in [0.717, 1.165) is 25.7 Å². The van der Waals surface area contributed by atoms with Crippen LogP contribution in [0.4, 0.5) is 0 Å². The molecule has 2 fully saturated rings. The molecule has 0 aromatic heterocycles. The van der Waals surface area contributed by atoms with Gasteiger partial charge < -0.3 is 9.84 Å². The topological polar surface area (TPSA) is 87.7 Å². The minimum atomic E-state index is -3.46. The molecule has 3 N–H and O–H groups in total. The molecule has 1 aliphatic heterocycles. The fraction of sp³-hybridized carbons (Fsp3) is 1.00. The lowest BCUT2D eigenvalue weighted by atomic mass is 9.81. The summed E-state index contributed by atoms with van der Waals surface area (Å²) >= 11 is 0. The van der Waals surface area contributed by atoms with Crippen LogP contribution in [0.2, 0.25) is 0 Å². The molecule has 1 saturated carbocycles. The minimum absolute atomic E-state index is 0.0116. The first-order valence-electron chi connectivity index (χ1n) is 7.01. The van der Waals surface area contributed by atoms with Gasteiger partial charge in [-0.25, -0.2) is 4.72 Å². The molecule has 0 spiro atoms. The highest BCUT2D eigenvalue weighted by atomic mass is 32.2. The molecule has 7 heteroatoms. The molecule has 0 atom stereocenters. The molecule has 1 saturated heterocycles. The van der Waals surface area contributed by atoms with Gasteiger partial charge in [0.2, 0.25) is 0 Å². The van der Waals surface area contributed by atoms with E-state index in [1.807, 2.05) is 0 Å². The van der Waals surface area contributed by atoms with E-state index in [4.69, 9.17) is 4.74 Å². The van der Waals surface area contributed by atoms with Crippen LogP contribution in [0.1, 0.15) is 38.5 Å². The molecule has 0 amide bonds. The number of rotatable bonds is 6. The fourth-order valence-electron chi connectivity index (χ4n) is 2.75. The summed E-state index contributed by atoms with van der Waals surface area (Å²) < 4.78 is 34.4. The molecular formula is C12H24N2O4S. The first kappa shape index (κ1) is 15.2. The molecular weight excluding hydrogens is 268 g/mol. The summed E-state index contributed by atoms with van der Waals surface area (Å²) in [7, 11) is -3.46. The van der Waals surface area contributed by atoms with Gasteiger partial charge in [0.05, 0.1) is 6.61 Å². The third kappa shape index (κ3) is 4.39. The molecule has 112 valence electrons. The number of aliphatic hydroxyl groups is 1. The highest BCUT2D eigenvalue weighted by Gasteiger charge is 2.33. The van der Waals surface area contributed by atoms with Crippen molar-refractivity contribution in [2.45, 2.75) is 44.6 Å². The van der Waals surface area contributed by atoms with Crippen molar-refractivity contribution in [1.82, 2.24) is 9.44 Å². The van der Waals surface area contributed by atoms with Crippen molar-refractivity contribution in [3.63, 3.8) is 0 Å². The van der Waals surface area contributed by atoms with E-state index in [-0.39, 0.29) is 24.6 Å². The van der Waals surface area contributed by atoms with Crippen molar-refractivity contribution in [2.75, 3.05) is 26.4 Å². The van der Waals surface area contributed by atoms with Crippen LogP contribution in [-0.4, -0.2) is 45.9 Å². The zero-order valence-electron chi connectivity index (χ0n) is 11.2. The average molecular weight is 292 g/mol. The predicted molar refractivity (Wildman–Crippen MR) is 71.9 cm³/mol. The van der Waals surface area contributed by atoms with E-state index < -0.39 is 10.2 Å². The zero-order chi connectivity index (χ0) is 13.8. The van der Waals surface area contributed by atoms with Crippen molar-refractivity contribution in [2.24, 2.45) is 5.41 Å². The SMILES string of the molecule is O=S(=O)(NCC1(CO)CCOCC1)NC1CCCC1. The minimum Gasteiger partial charge on any atom is -0.396 e. The predicted octanol–water partition coefficient (Wildman–Crippen LogP) is 0.142. The average Bonchev–Trinajstić information content (AvgIpc) is 2.90. The molecule has 19 heavy (non-hydrogen) atoms. The van der Waals surface area contributed by atoms with Gasteiger partial charge in [0.25, 0.3) is 10.2 Å². The van der Waals surface area contributed by atoms with E-state index in [1.165, 1.54) is 0 Å². The Kier molecular flexibility index (Phi) is 5.19. The smallest absolute Gasteiger partial charge is 0.277 e. The third-order valence-corrected chi connectivity index (χ3v) is 5.37. The van der Waals surface area contributed by atoms with Crippen molar-refractivity contribution >= 4 is 10.2 Å². The molecule has 6 nitrogen and oxygen atoms in total. The number of hydrogen-bond acceptors (Lipinski definition) is 4. The van der Waals surface area contributed by atoms with Gasteiger partial charge in [-0.1, -0.05) is 12.8 Å². The summed E-state index contributed by atoms with van der Waals surface area (Å²) in [5.74, 6) is 0. The van der Waals surface area contributed by atoms with Crippen molar-refractivity contribution < 1.29 is 18.3 Å². The molecule has 0 radical (unpaired) electrons. The normalized spacial score (nSPS) is 24.7. The second kappa shape index (κ2) is 6.49. The van der Waals surface area contributed by atoms with E-state index in [0.29, 0.717) is 26.1 Å². The number of aliphatic hydroxyl groups excluding tert-OH is 1. The summed E-state index contributed by atoms with van der Waals surface area (Å²) in [6.45, 7) is 1.42. The number of nitrogens with one attached hydrogen (secondary N) is 2. The van der Waals surface area contributed by atoms with Crippen LogP contribution in [0, 0.1) is 5.41 Å². The Morgan fingerprint density at radius 1 is 1.21 bits per heavy atom. The molecule has 1 aliphatic carbocycles. The van der Waals surface area contributed by atoms with Crippen LogP contribution in [0.25, 0.3) is 0 Å². The van der Waals surface area contributed by atoms with E-state index in [9.17, 15) is 13.5 Å². The second-order valence-electron chi connectivity index (χ2n) is 5.69. The summed E-state index contributed by atoms with van der Waals surface area (Å²) in [6, 6.07) is 0.0669. The number of hydrogen-bond donors (Lipinski definition) is 3. The Bertz CT molecular complexity index is 373. The van der Waals surface area contributed by atoms with Gasteiger partial charge in [-0.3, -0.25) is 0 Å². The molecule has 0 aromatic rings. The quantitative estimate of drug-likeness (QED) is 0.650. The summed E-state index contributed by atoms with van der Waals surface area (Å²) in [4.78, 5) is 0.